The molecule has 4 rings (SSSR count). The summed E-state index contributed by atoms with van der Waals surface area (Å²) in [6, 6.07) is 6.14. The summed E-state index contributed by atoms with van der Waals surface area (Å²) < 4.78 is 10.8. The van der Waals surface area contributed by atoms with E-state index >= 15 is 0 Å². The molecule has 1 saturated heterocycles. The van der Waals surface area contributed by atoms with Crippen LogP contribution >= 0.6 is 0 Å². The number of piperazine rings is 1. The summed E-state index contributed by atoms with van der Waals surface area (Å²) in [4.78, 5) is 13.2. The molecule has 27 heavy (non-hydrogen) atoms. The molecular formula is C19H24N6O2. The highest BCUT2D eigenvalue weighted by molar-refractivity contribution is 5.75. The molecule has 1 fully saturated rings. The second-order valence-corrected chi connectivity index (χ2v) is 6.58. The average molecular weight is 368 g/mol. The third-order valence-electron chi connectivity index (χ3n) is 4.79. The maximum atomic E-state index is 6.26. The van der Waals surface area contributed by atoms with Gasteiger partial charge in [0.05, 0.1) is 0 Å². The Morgan fingerprint density at radius 2 is 1.96 bits per heavy atom. The standard InChI is InChI=1S/C19H24N6O2/c1-2-5-21-18-17(20)19(23-12-22-18)25-8-6-24(7-9-25)11-14-3-4-15-16(10-14)27-13-26-15/h2-4,10,12H,1,5-9,11,13,20H2,(H,21,22,23). The van der Waals surface area contributed by atoms with Gasteiger partial charge >= 0.3 is 0 Å². The summed E-state index contributed by atoms with van der Waals surface area (Å²) in [5, 5.41) is 3.15. The van der Waals surface area contributed by atoms with E-state index in [1.165, 1.54) is 5.56 Å². The van der Waals surface area contributed by atoms with Crippen LogP contribution in [-0.2, 0) is 6.54 Å². The molecule has 0 aliphatic carbocycles. The van der Waals surface area contributed by atoms with Crippen molar-refractivity contribution in [2.24, 2.45) is 0 Å². The number of nitrogens with one attached hydrogen (secondary N) is 1. The van der Waals surface area contributed by atoms with Gasteiger partial charge in [0, 0.05) is 39.3 Å². The lowest BCUT2D eigenvalue weighted by Gasteiger charge is -2.36. The van der Waals surface area contributed by atoms with Crippen LogP contribution in [0.1, 0.15) is 5.56 Å². The Morgan fingerprint density at radius 3 is 2.78 bits per heavy atom. The lowest BCUT2D eigenvalue weighted by molar-refractivity contribution is 0.174. The minimum Gasteiger partial charge on any atom is -0.454 e. The highest BCUT2D eigenvalue weighted by Gasteiger charge is 2.22. The van der Waals surface area contributed by atoms with Crippen molar-refractivity contribution < 1.29 is 9.47 Å². The molecule has 2 aromatic rings. The van der Waals surface area contributed by atoms with Gasteiger partial charge in [0.15, 0.2) is 23.1 Å². The summed E-state index contributed by atoms with van der Waals surface area (Å²) in [5.74, 6) is 3.10. The van der Waals surface area contributed by atoms with Crippen LogP contribution in [0.25, 0.3) is 0 Å². The van der Waals surface area contributed by atoms with E-state index < -0.39 is 0 Å². The molecule has 0 spiro atoms. The molecule has 3 heterocycles. The summed E-state index contributed by atoms with van der Waals surface area (Å²) in [6.45, 7) is 9.12. The fourth-order valence-electron chi connectivity index (χ4n) is 3.36. The predicted octanol–water partition coefficient (Wildman–Crippen LogP) is 1.71. The number of nitrogens with zero attached hydrogens (tertiary/aromatic N) is 4. The molecule has 2 aliphatic heterocycles. The fraction of sp³-hybridized carbons (Fsp3) is 0.368. The van der Waals surface area contributed by atoms with Crippen LogP contribution in [0.15, 0.2) is 37.2 Å². The van der Waals surface area contributed by atoms with Crippen LogP contribution in [0.3, 0.4) is 0 Å². The zero-order valence-electron chi connectivity index (χ0n) is 15.2. The van der Waals surface area contributed by atoms with Gasteiger partial charge in [-0.1, -0.05) is 12.1 Å². The summed E-state index contributed by atoms with van der Waals surface area (Å²) in [5.41, 5.74) is 8.08. The first-order chi connectivity index (χ1) is 13.2. The molecule has 8 heteroatoms. The van der Waals surface area contributed by atoms with Crippen LogP contribution < -0.4 is 25.4 Å². The molecule has 1 aromatic carbocycles. The first-order valence-electron chi connectivity index (χ1n) is 9.05. The highest BCUT2D eigenvalue weighted by atomic mass is 16.7. The molecule has 0 unspecified atom stereocenters. The number of aromatic nitrogens is 2. The van der Waals surface area contributed by atoms with Crippen molar-refractivity contribution in [3.8, 4) is 11.5 Å². The fourth-order valence-corrected chi connectivity index (χ4v) is 3.36. The highest BCUT2D eigenvalue weighted by Crippen LogP contribution is 2.33. The smallest absolute Gasteiger partial charge is 0.231 e. The second kappa shape index (κ2) is 7.71. The third-order valence-corrected chi connectivity index (χ3v) is 4.79. The molecule has 0 atom stereocenters. The molecule has 2 aliphatic rings. The third kappa shape index (κ3) is 3.75. The Morgan fingerprint density at radius 1 is 1.15 bits per heavy atom. The summed E-state index contributed by atoms with van der Waals surface area (Å²) >= 11 is 0. The Balaban J connectivity index is 1.37. The van der Waals surface area contributed by atoms with Crippen LogP contribution in [0.4, 0.5) is 17.3 Å². The Hall–Kier alpha value is -3.00. The van der Waals surface area contributed by atoms with Gasteiger partial charge in [0.25, 0.3) is 0 Å². The number of rotatable bonds is 6. The van der Waals surface area contributed by atoms with E-state index in [-0.39, 0.29) is 0 Å². The predicted molar refractivity (Wildman–Crippen MR) is 105 cm³/mol. The summed E-state index contributed by atoms with van der Waals surface area (Å²) in [6.07, 6.45) is 3.33. The molecule has 8 nitrogen and oxygen atoms in total. The number of benzene rings is 1. The topological polar surface area (TPSA) is 88.8 Å². The minimum atomic E-state index is 0.307. The maximum Gasteiger partial charge on any atom is 0.231 e. The van der Waals surface area contributed by atoms with Gasteiger partial charge in [-0.15, -0.1) is 6.58 Å². The van der Waals surface area contributed by atoms with Gasteiger partial charge in [-0.3, -0.25) is 4.90 Å². The van der Waals surface area contributed by atoms with Gasteiger partial charge in [0.2, 0.25) is 6.79 Å². The van der Waals surface area contributed by atoms with E-state index in [0.717, 1.165) is 50.0 Å². The van der Waals surface area contributed by atoms with E-state index in [1.807, 2.05) is 6.07 Å². The molecule has 3 N–H and O–H groups in total. The van der Waals surface area contributed by atoms with Crippen LogP contribution in [0, 0.1) is 0 Å². The summed E-state index contributed by atoms with van der Waals surface area (Å²) in [7, 11) is 0. The van der Waals surface area contributed by atoms with E-state index in [2.05, 4.69) is 43.8 Å². The molecule has 0 amide bonds. The van der Waals surface area contributed by atoms with Crippen molar-refractivity contribution in [1.82, 2.24) is 14.9 Å². The first-order valence-corrected chi connectivity index (χ1v) is 9.05. The lowest BCUT2D eigenvalue weighted by atomic mass is 10.1. The zero-order chi connectivity index (χ0) is 18.6. The average Bonchev–Trinajstić information content (AvgIpc) is 3.16. The number of nitrogens with two attached hydrogens (primary N) is 1. The number of nitrogen functional groups attached to an aromatic ring is 1. The van der Waals surface area contributed by atoms with Crippen molar-refractivity contribution in [2.75, 3.05) is 55.5 Å². The van der Waals surface area contributed by atoms with Crippen molar-refractivity contribution in [2.45, 2.75) is 6.54 Å². The van der Waals surface area contributed by atoms with Gasteiger partial charge in [-0.2, -0.15) is 0 Å². The monoisotopic (exact) mass is 368 g/mol. The van der Waals surface area contributed by atoms with Crippen molar-refractivity contribution in [3.63, 3.8) is 0 Å². The van der Waals surface area contributed by atoms with E-state index in [0.29, 0.717) is 24.8 Å². The van der Waals surface area contributed by atoms with Gasteiger partial charge < -0.3 is 25.4 Å². The minimum absolute atomic E-state index is 0.307. The normalized spacial score (nSPS) is 16.4. The van der Waals surface area contributed by atoms with E-state index in [1.54, 1.807) is 12.4 Å². The number of hydrogen-bond acceptors (Lipinski definition) is 8. The SMILES string of the molecule is C=CCNc1ncnc(N2CCN(Cc3ccc4c(c3)OCO4)CC2)c1N. The molecule has 0 saturated carbocycles. The lowest BCUT2D eigenvalue weighted by Crippen LogP contribution is -2.46. The maximum absolute atomic E-state index is 6.26. The van der Waals surface area contributed by atoms with E-state index in [4.69, 9.17) is 15.2 Å². The number of ether oxygens (including phenoxy) is 2. The number of anilines is 3. The first kappa shape index (κ1) is 17.4. The van der Waals surface area contributed by atoms with Crippen LogP contribution in [-0.4, -0.2) is 54.4 Å². The molecule has 0 radical (unpaired) electrons. The van der Waals surface area contributed by atoms with Crippen molar-refractivity contribution in [3.05, 3.63) is 42.7 Å². The van der Waals surface area contributed by atoms with Gasteiger partial charge in [0.1, 0.15) is 12.0 Å². The number of hydrogen-bond donors (Lipinski definition) is 2. The van der Waals surface area contributed by atoms with Crippen molar-refractivity contribution in [1.29, 1.82) is 0 Å². The number of fused-ring (bicyclic) bond motifs is 1. The molecular weight excluding hydrogens is 344 g/mol. The van der Waals surface area contributed by atoms with E-state index in [9.17, 15) is 0 Å². The Labute approximate surface area is 158 Å². The molecule has 1 aromatic heterocycles. The van der Waals surface area contributed by atoms with Gasteiger partial charge in [-0.05, 0) is 17.7 Å². The quantitative estimate of drug-likeness (QED) is 0.745. The second-order valence-electron chi connectivity index (χ2n) is 6.58. The Kier molecular flexibility index (Phi) is 4.97. The zero-order valence-corrected chi connectivity index (χ0v) is 15.2. The molecule has 142 valence electrons. The van der Waals surface area contributed by atoms with Gasteiger partial charge in [-0.25, -0.2) is 9.97 Å². The Bertz CT molecular complexity index is 820. The largest absolute Gasteiger partial charge is 0.454 e. The van der Waals surface area contributed by atoms with Crippen LogP contribution in [0.5, 0.6) is 11.5 Å². The van der Waals surface area contributed by atoms with Crippen LogP contribution in [0.2, 0.25) is 0 Å². The molecule has 0 bridgehead atoms. The van der Waals surface area contributed by atoms with Crippen molar-refractivity contribution >= 4 is 17.3 Å².